The normalized spacial score (nSPS) is 26.1. The number of rotatable bonds is 4. The highest BCUT2D eigenvalue weighted by atomic mass is 16.5. The van der Waals surface area contributed by atoms with E-state index in [0.29, 0.717) is 6.54 Å². The second-order valence-corrected chi connectivity index (χ2v) is 5.87. The fourth-order valence-corrected chi connectivity index (χ4v) is 2.98. The van der Waals surface area contributed by atoms with E-state index in [2.05, 4.69) is 0 Å². The van der Waals surface area contributed by atoms with Gasteiger partial charge in [0.05, 0.1) is 19.3 Å². The molecule has 1 saturated heterocycles. The van der Waals surface area contributed by atoms with Gasteiger partial charge in [0.25, 0.3) is 5.91 Å². The van der Waals surface area contributed by atoms with E-state index in [9.17, 15) is 9.59 Å². The molecule has 2 aliphatic rings. The Hall–Kier alpha value is -1.14. The molecule has 6 heteroatoms. The van der Waals surface area contributed by atoms with Crippen LogP contribution in [0.25, 0.3) is 0 Å². The molecule has 0 aromatic carbocycles. The molecule has 1 aliphatic heterocycles. The summed E-state index contributed by atoms with van der Waals surface area (Å²) in [7, 11) is 0. The van der Waals surface area contributed by atoms with E-state index in [1.54, 1.807) is 11.8 Å². The van der Waals surface area contributed by atoms with Crippen molar-refractivity contribution in [2.45, 2.75) is 63.8 Å². The summed E-state index contributed by atoms with van der Waals surface area (Å²) in [6.07, 6.45) is 5.54. The van der Waals surface area contributed by atoms with Crippen molar-refractivity contribution in [2.24, 2.45) is 0 Å². The molecule has 1 heterocycles. The minimum absolute atomic E-state index is 0.104. The van der Waals surface area contributed by atoms with Crippen LogP contribution in [0.5, 0.6) is 0 Å². The molecule has 2 rings (SSSR count). The average molecular weight is 299 g/mol. The van der Waals surface area contributed by atoms with Crippen molar-refractivity contribution < 1.29 is 24.2 Å². The molecule has 1 N–H and O–H groups in total. The molecule has 1 amide bonds. The lowest BCUT2D eigenvalue weighted by atomic mass is 10.1. The fraction of sp³-hybridized carbons (Fsp3) is 0.867. The molecule has 6 nitrogen and oxygen atoms in total. The maximum Gasteiger partial charge on any atom is 0.334 e. The Morgan fingerprint density at radius 2 is 1.90 bits per heavy atom. The zero-order chi connectivity index (χ0) is 15.2. The van der Waals surface area contributed by atoms with Crippen molar-refractivity contribution in [2.75, 3.05) is 19.7 Å². The molecular weight excluding hydrogens is 274 g/mol. The number of nitrogens with zero attached hydrogens (tertiary/aromatic N) is 1. The summed E-state index contributed by atoms with van der Waals surface area (Å²) < 4.78 is 11.0. The first kappa shape index (κ1) is 16.2. The fourth-order valence-electron chi connectivity index (χ4n) is 2.98. The lowest BCUT2D eigenvalue weighted by molar-refractivity contribution is -0.164. The Bertz CT molecular complexity index is 365. The van der Waals surface area contributed by atoms with Crippen molar-refractivity contribution in [3.05, 3.63) is 0 Å². The number of aliphatic carboxylic acids is 1. The van der Waals surface area contributed by atoms with E-state index in [4.69, 9.17) is 14.6 Å². The van der Waals surface area contributed by atoms with Crippen molar-refractivity contribution in [3.63, 3.8) is 0 Å². The summed E-state index contributed by atoms with van der Waals surface area (Å²) in [4.78, 5) is 24.9. The molecule has 0 unspecified atom stereocenters. The van der Waals surface area contributed by atoms with Crippen LogP contribution in [0.2, 0.25) is 0 Å². The van der Waals surface area contributed by atoms with Crippen LogP contribution in [0.1, 0.15) is 45.4 Å². The van der Waals surface area contributed by atoms with E-state index >= 15 is 0 Å². The third-order valence-corrected chi connectivity index (χ3v) is 4.20. The molecule has 0 radical (unpaired) electrons. The molecule has 1 saturated carbocycles. The predicted molar refractivity (Wildman–Crippen MR) is 76.0 cm³/mol. The average Bonchev–Trinajstić information content (AvgIpc) is 2.75. The van der Waals surface area contributed by atoms with Crippen molar-refractivity contribution in [3.8, 4) is 0 Å². The lowest BCUT2D eigenvalue weighted by Gasteiger charge is -2.33. The van der Waals surface area contributed by atoms with Gasteiger partial charge in [-0.1, -0.05) is 25.7 Å². The number of amides is 1. The Balaban J connectivity index is 1.84. The van der Waals surface area contributed by atoms with Crippen molar-refractivity contribution >= 4 is 11.9 Å². The first-order valence-corrected chi connectivity index (χ1v) is 7.86. The molecule has 0 aromatic heterocycles. The maximum atomic E-state index is 12.4. The third kappa shape index (κ3) is 4.68. The van der Waals surface area contributed by atoms with Gasteiger partial charge in [-0.25, -0.2) is 4.79 Å². The van der Waals surface area contributed by atoms with Crippen LogP contribution < -0.4 is 0 Å². The highest BCUT2D eigenvalue weighted by Crippen LogP contribution is 2.21. The first-order chi connectivity index (χ1) is 10.1. The summed E-state index contributed by atoms with van der Waals surface area (Å²) in [6, 6.07) is 0. The van der Waals surface area contributed by atoms with Crippen LogP contribution >= 0.6 is 0 Å². The van der Waals surface area contributed by atoms with E-state index in [1.807, 2.05) is 0 Å². The van der Waals surface area contributed by atoms with Gasteiger partial charge in [0.2, 0.25) is 0 Å². The summed E-state index contributed by atoms with van der Waals surface area (Å²) >= 11 is 0. The molecule has 0 aromatic rings. The van der Waals surface area contributed by atoms with Gasteiger partial charge in [0.1, 0.15) is 6.10 Å². The maximum absolute atomic E-state index is 12.4. The van der Waals surface area contributed by atoms with Crippen molar-refractivity contribution in [1.82, 2.24) is 4.90 Å². The van der Waals surface area contributed by atoms with Crippen LogP contribution in [0, 0.1) is 0 Å². The summed E-state index contributed by atoms with van der Waals surface area (Å²) in [5, 5.41) is 8.97. The SMILES string of the molecule is C[C@@H](OC1CCCCCC1)C(=O)N1CCO[C@@H](C(=O)O)C1. The molecular formula is C15H25NO5. The topological polar surface area (TPSA) is 76.1 Å². The van der Waals surface area contributed by atoms with Gasteiger partial charge >= 0.3 is 5.97 Å². The Morgan fingerprint density at radius 3 is 2.52 bits per heavy atom. The minimum Gasteiger partial charge on any atom is -0.479 e. The zero-order valence-electron chi connectivity index (χ0n) is 12.6. The van der Waals surface area contributed by atoms with Gasteiger partial charge in [0.15, 0.2) is 6.10 Å². The quantitative estimate of drug-likeness (QED) is 0.795. The molecule has 2 fully saturated rings. The lowest BCUT2D eigenvalue weighted by Crippen LogP contribution is -2.51. The third-order valence-electron chi connectivity index (χ3n) is 4.20. The smallest absolute Gasteiger partial charge is 0.334 e. The van der Waals surface area contributed by atoms with E-state index in [-0.39, 0.29) is 25.2 Å². The number of carboxylic acids is 1. The summed E-state index contributed by atoms with van der Waals surface area (Å²) in [6.45, 7) is 2.56. The number of morpholine rings is 1. The number of ether oxygens (including phenoxy) is 2. The number of hydrogen-bond donors (Lipinski definition) is 1. The highest BCUT2D eigenvalue weighted by molar-refractivity contribution is 5.82. The summed E-state index contributed by atoms with van der Waals surface area (Å²) in [5.41, 5.74) is 0. The van der Waals surface area contributed by atoms with Crippen LogP contribution in [-0.2, 0) is 19.1 Å². The Labute approximate surface area is 125 Å². The van der Waals surface area contributed by atoms with E-state index < -0.39 is 18.2 Å². The number of carbonyl (C=O) groups is 2. The van der Waals surface area contributed by atoms with Crippen LogP contribution in [0.4, 0.5) is 0 Å². The number of hydrogen-bond acceptors (Lipinski definition) is 4. The second kappa shape index (κ2) is 7.75. The Morgan fingerprint density at radius 1 is 1.24 bits per heavy atom. The number of carboxylic acid groups (broad SMARTS) is 1. The van der Waals surface area contributed by atoms with Gasteiger partial charge in [-0.15, -0.1) is 0 Å². The number of carbonyl (C=O) groups excluding carboxylic acids is 1. The summed E-state index contributed by atoms with van der Waals surface area (Å²) in [5.74, 6) is -1.15. The molecule has 1 aliphatic carbocycles. The van der Waals surface area contributed by atoms with E-state index in [1.165, 1.54) is 12.8 Å². The minimum atomic E-state index is -1.02. The molecule has 0 bridgehead atoms. The molecule has 21 heavy (non-hydrogen) atoms. The predicted octanol–water partition coefficient (Wildman–Crippen LogP) is 1.43. The second-order valence-electron chi connectivity index (χ2n) is 5.87. The molecule has 120 valence electrons. The first-order valence-electron chi connectivity index (χ1n) is 7.86. The van der Waals surface area contributed by atoms with Gasteiger partial charge in [-0.3, -0.25) is 4.79 Å². The highest BCUT2D eigenvalue weighted by Gasteiger charge is 2.32. The molecule has 2 atom stereocenters. The van der Waals surface area contributed by atoms with E-state index in [0.717, 1.165) is 25.7 Å². The zero-order valence-corrected chi connectivity index (χ0v) is 12.6. The Kier molecular flexibility index (Phi) is 5.99. The molecule has 0 spiro atoms. The van der Waals surface area contributed by atoms with Crippen molar-refractivity contribution in [1.29, 1.82) is 0 Å². The standard InChI is InChI=1S/C15H25NO5/c1-11(21-12-6-4-2-3-5-7-12)14(17)16-8-9-20-13(10-16)15(18)19/h11-13H,2-10H2,1H3,(H,18,19)/t11-,13-/m1/s1. The van der Waals surface area contributed by atoms with Crippen LogP contribution in [0.15, 0.2) is 0 Å². The van der Waals surface area contributed by atoms with Crippen LogP contribution in [0.3, 0.4) is 0 Å². The monoisotopic (exact) mass is 299 g/mol. The van der Waals surface area contributed by atoms with Gasteiger partial charge in [-0.05, 0) is 19.8 Å². The van der Waals surface area contributed by atoms with Crippen LogP contribution in [-0.4, -0.2) is 59.9 Å². The van der Waals surface area contributed by atoms with Gasteiger partial charge in [-0.2, -0.15) is 0 Å². The largest absolute Gasteiger partial charge is 0.479 e. The van der Waals surface area contributed by atoms with Gasteiger partial charge in [0, 0.05) is 6.54 Å². The van der Waals surface area contributed by atoms with Gasteiger partial charge < -0.3 is 19.5 Å².